The topological polar surface area (TPSA) is 134 Å². The number of hydrogen-bond donors (Lipinski definition) is 4. The second kappa shape index (κ2) is 6.59. The fourth-order valence-electron chi connectivity index (χ4n) is 2.09. The number of rotatable bonds is 4. The molecule has 0 bridgehead atoms. The van der Waals surface area contributed by atoms with Gasteiger partial charge in [0, 0.05) is 0 Å². The molecule has 0 aromatic heterocycles. The molecule has 0 radical (unpaired) electrons. The van der Waals surface area contributed by atoms with E-state index in [1.807, 2.05) is 0 Å². The first-order valence-corrected chi connectivity index (χ1v) is 7.97. The van der Waals surface area contributed by atoms with Crippen LogP contribution in [0.3, 0.4) is 0 Å². The molecule has 0 unspecified atom stereocenters. The molecule has 1 aliphatic rings. The Kier molecular flexibility index (Phi) is 5.17. The van der Waals surface area contributed by atoms with Gasteiger partial charge >= 0.3 is 0 Å². The van der Waals surface area contributed by atoms with Gasteiger partial charge in [0.25, 0.3) is 10.1 Å². The monoisotopic (exact) mass is 334 g/mol. The molecule has 124 valence electrons. The molecule has 9 heteroatoms. The molecule has 1 fully saturated rings. The highest BCUT2D eigenvalue weighted by atomic mass is 32.2. The molecule has 8 nitrogen and oxygen atoms in total. The zero-order chi connectivity index (χ0) is 16.5. The quantitative estimate of drug-likeness (QED) is 0.489. The highest BCUT2D eigenvalue weighted by Gasteiger charge is 2.46. The molecule has 1 aliphatic heterocycles. The van der Waals surface area contributed by atoms with Crippen LogP contribution >= 0.6 is 0 Å². The van der Waals surface area contributed by atoms with E-state index in [1.165, 1.54) is 12.1 Å². The van der Waals surface area contributed by atoms with Gasteiger partial charge in [0.15, 0.2) is 6.29 Å². The SMILES string of the molecule is Cc1ccc(S(=O)(=O)O[C@H]2[C@@H](O)[C@@H](O)O[C@@H](CO)[C@H]2O)cc1. The van der Waals surface area contributed by atoms with Crippen LogP contribution in [0.5, 0.6) is 0 Å². The summed E-state index contributed by atoms with van der Waals surface area (Å²) in [5.74, 6) is 0. The maximum atomic E-state index is 12.2. The summed E-state index contributed by atoms with van der Waals surface area (Å²) in [6.07, 6.45) is -8.11. The van der Waals surface area contributed by atoms with Crippen molar-refractivity contribution in [3.63, 3.8) is 0 Å². The number of aryl methyl sites for hydroxylation is 1. The van der Waals surface area contributed by atoms with Crippen molar-refractivity contribution >= 4 is 10.1 Å². The Morgan fingerprint density at radius 1 is 1.14 bits per heavy atom. The summed E-state index contributed by atoms with van der Waals surface area (Å²) in [6, 6.07) is 5.78. The predicted octanol–water partition coefficient (Wildman–Crippen LogP) is -1.50. The van der Waals surface area contributed by atoms with Gasteiger partial charge < -0.3 is 25.2 Å². The van der Waals surface area contributed by atoms with Gasteiger partial charge in [-0.1, -0.05) is 17.7 Å². The first-order valence-electron chi connectivity index (χ1n) is 6.57. The number of aliphatic hydroxyl groups excluding tert-OH is 4. The van der Waals surface area contributed by atoms with Crippen molar-refractivity contribution in [2.24, 2.45) is 0 Å². The van der Waals surface area contributed by atoms with Gasteiger partial charge in [0.2, 0.25) is 0 Å². The normalized spacial score (nSPS) is 32.9. The van der Waals surface area contributed by atoms with Crippen LogP contribution in [0.4, 0.5) is 0 Å². The average Bonchev–Trinajstić information content (AvgIpc) is 2.48. The Morgan fingerprint density at radius 3 is 2.27 bits per heavy atom. The van der Waals surface area contributed by atoms with Gasteiger partial charge in [-0.3, -0.25) is 4.18 Å². The summed E-state index contributed by atoms with van der Waals surface area (Å²) < 4.78 is 34.0. The molecule has 4 N–H and O–H groups in total. The molecule has 22 heavy (non-hydrogen) atoms. The Balaban J connectivity index is 2.24. The molecule has 0 aliphatic carbocycles. The van der Waals surface area contributed by atoms with Crippen molar-refractivity contribution in [2.75, 3.05) is 6.61 Å². The summed E-state index contributed by atoms with van der Waals surface area (Å²) >= 11 is 0. The lowest BCUT2D eigenvalue weighted by Gasteiger charge is -2.39. The van der Waals surface area contributed by atoms with Crippen LogP contribution in [0.2, 0.25) is 0 Å². The lowest BCUT2D eigenvalue weighted by atomic mass is 9.99. The van der Waals surface area contributed by atoms with Crippen LogP contribution in [-0.4, -0.2) is 66.2 Å². The molecule has 1 aromatic carbocycles. The maximum Gasteiger partial charge on any atom is 0.297 e. The smallest absolute Gasteiger partial charge is 0.297 e. The van der Waals surface area contributed by atoms with E-state index in [0.29, 0.717) is 0 Å². The fourth-order valence-corrected chi connectivity index (χ4v) is 3.19. The Labute approximate surface area is 127 Å². The average molecular weight is 334 g/mol. The van der Waals surface area contributed by atoms with E-state index in [0.717, 1.165) is 5.56 Å². The largest absolute Gasteiger partial charge is 0.394 e. The van der Waals surface area contributed by atoms with Gasteiger partial charge in [-0.05, 0) is 19.1 Å². The summed E-state index contributed by atoms with van der Waals surface area (Å²) in [5.41, 5.74) is 0.848. The Hall–Kier alpha value is -1.07. The van der Waals surface area contributed by atoms with Crippen LogP contribution < -0.4 is 0 Å². The summed E-state index contributed by atoms with van der Waals surface area (Å²) in [5, 5.41) is 38.2. The summed E-state index contributed by atoms with van der Waals surface area (Å²) in [4.78, 5) is -0.154. The van der Waals surface area contributed by atoms with Gasteiger partial charge in [-0.25, -0.2) is 0 Å². The minimum absolute atomic E-state index is 0.154. The number of ether oxygens (including phenoxy) is 1. The summed E-state index contributed by atoms with van der Waals surface area (Å²) in [7, 11) is -4.27. The minimum Gasteiger partial charge on any atom is -0.394 e. The van der Waals surface area contributed by atoms with Crippen LogP contribution in [0.25, 0.3) is 0 Å². The van der Waals surface area contributed by atoms with E-state index < -0.39 is 47.4 Å². The van der Waals surface area contributed by atoms with E-state index in [1.54, 1.807) is 19.1 Å². The molecule has 0 spiro atoms. The molecule has 0 saturated carbocycles. The second-order valence-electron chi connectivity index (χ2n) is 5.06. The van der Waals surface area contributed by atoms with Crippen LogP contribution in [0, 0.1) is 6.92 Å². The van der Waals surface area contributed by atoms with E-state index in [-0.39, 0.29) is 4.90 Å². The Morgan fingerprint density at radius 2 is 1.73 bits per heavy atom. The van der Waals surface area contributed by atoms with Crippen molar-refractivity contribution in [3.8, 4) is 0 Å². The molecule has 1 aromatic rings. The number of hydrogen-bond acceptors (Lipinski definition) is 8. The lowest BCUT2D eigenvalue weighted by molar-refractivity contribution is -0.281. The van der Waals surface area contributed by atoms with Crippen LogP contribution in [-0.2, 0) is 19.0 Å². The third-order valence-electron chi connectivity index (χ3n) is 3.39. The standard InChI is InChI=1S/C13H18O8S/c1-7-2-4-8(5-3-7)22(18,19)21-12-10(15)9(6-14)20-13(17)11(12)16/h2-5,9-17H,6H2,1H3/t9-,10+,11+,12+,13-/m0/s1. The van der Waals surface area contributed by atoms with Crippen molar-refractivity contribution in [1.29, 1.82) is 0 Å². The van der Waals surface area contributed by atoms with Crippen LogP contribution in [0.15, 0.2) is 29.2 Å². The highest BCUT2D eigenvalue weighted by Crippen LogP contribution is 2.26. The Bertz CT molecular complexity index is 599. The van der Waals surface area contributed by atoms with E-state index in [4.69, 9.17) is 14.0 Å². The van der Waals surface area contributed by atoms with Crippen molar-refractivity contribution in [1.82, 2.24) is 0 Å². The fraction of sp³-hybridized carbons (Fsp3) is 0.538. The zero-order valence-corrected chi connectivity index (χ0v) is 12.5. The van der Waals surface area contributed by atoms with E-state index >= 15 is 0 Å². The third kappa shape index (κ3) is 3.46. The first kappa shape index (κ1) is 17.3. The van der Waals surface area contributed by atoms with E-state index in [2.05, 4.69) is 0 Å². The molecular formula is C13H18O8S. The molecular weight excluding hydrogens is 316 g/mol. The van der Waals surface area contributed by atoms with Crippen molar-refractivity contribution in [2.45, 2.75) is 42.5 Å². The van der Waals surface area contributed by atoms with E-state index in [9.17, 15) is 23.7 Å². The van der Waals surface area contributed by atoms with Crippen molar-refractivity contribution in [3.05, 3.63) is 29.8 Å². The second-order valence-corrected chi connectivity index (χ2v) is 6.63. The predicted molar refractivity (Wildman–Crippen MR) is 73.2 cm³/mol. The highest BCUT2D eigenvalue weighted by molar-refractivity contribution is 7.86. The van der Waals surface area contributed by atoms with Crippen molar-refractivity contribution < 1.29 is 37.8 Å². The zero-order valence-electron chi connectivity index (χ0n) is 11.7. The first-order chi connectivity index (χ1) is 10.3. The molecule has 1 heterocycles. The maximum absolute atomic E-state index is 12.2. The third-order valence-corrected chi connectivity index (χ3v) is 4.71. The number of aliphatic hydroxyl groups is 4. The number of benzene rings is 1. The van der Waals surface area contributed by atoms with Gasteiger partial charge in [-0.2, -0.15) is 8.42 Å². The molecule has 5 atom stereocenters. The molecule has 1 saturated heterocycles. The molecule has 2 rings (SSSR count). The van der Waals surface area contributed by atoms with Gasteiger partial charge in [-0.15, -0.1) is 0 Å². The van der Waals surface area contributed by atoms with Gasteiger partial charge in [0.1, 0.15) is 24.4 Å². The van der Waals surface area contributed by atoms with Gasteiger partial charge in [0.05, 0.1) is 11.5 Å². The lowest BCUT2D eigenvalue weighted by Crippen LogP contribution is -2.59. The molecule has 0 amide bonds. The van der Waals surface area contributed by atoms with Crippen LogP contribution in [0.1, 0.15) is 5.56 Å². The minimum atomic E-state index is -4.27. The summed E-state index contributed by atoms with van der Waals surface area (Å²) in [6.45, 7) is 1.11.